The van der Waals surface area contributed by atoms with Gasteiger partial charge in [-0.1, -0.05) is 11.6 Å². The number of benzene rings is 1. The fraction of sp³-hybridized carbons (Fsp3) is 0.412. The van der Waals surface area contributed by atoms with Crippen LogP contribution in [0.5, 0.6) is 0 Å². The maximum atomic E-state index is 13.0. The van der Waals surface area contributed by atoms with E-state index in [1.54, 1.807) is 6.07 Å². The molecule has 1 aliphatic rings. The molecule has 0 atom stereocenters. The van der Waals surface area contributed by atoms with E-state index in [0.717, 1.165) is 16.4 Å². The maximum absolute atomic E-state index is 13.0. The normalized spacial score (nSPS) is 17.5. The Labute approximate surface area is 171 Å². The molecule has 0 bridgehead atoms. The van der Waals surface area contributed by atoms with Gasteiger partial charge in [0, 0.05) is 13.1 Å². The Morgan fingerprint density at radius 2 is 1.76 bits per heavy atom. The molecule has 1 fully saturated rings. The smallest absolute Gasteiger partial charge is 0.417 e. The average Bonchev–Trinajstić information content (AvgIpc) is 3.13. The van der Waals surface area contributed by atoms with Crippen LogP contribution in [0.1, 0.15) is 24.2 Å². The van der Waals surface area contributed by atoms with Gasteiger partial charge < -0.3 is 4.42 Å². The van der Waals surface area contributed by atoms with E-state index in [1.807, 2.05) is 0 Å². The standard InChI is InChI=1S/C17H17ClF3NO5S2/c18-16-4-3-14(10-15(16)17(19,20)21)29(25,26)22-7-5-13(6-8-22)28(23,24)11-12-2-1-9-27-12/h1-4,9-10,13H,5-8,11H2. The van der Waals surface area contributed by atoms with E-state index in [2.05, 4.69) is 0 Å². The lowest BCUT2D eigenvalue weighted by atomic mass is 10.2. The summed E-state index contributed by atoms with van der Waals surface area (Å²) in [5.74, 6) is 0.00434. The number of alkyl halides is 3. The van der Waals surface area contributed by atoms with Crippen molar-refractivity contribution < 1.29 is 34.4 Å². The Morgan fingerprint density at radius 3 is 2.31 bits per heavy atom. The first-order valence-corrected chi connectivity index (χ1v) is 12.1. The van der Waals surface area contributed by atoms with E-state index < -0.39 is 46.8 Å². The second-order valence-electron chi connectivity index (χ2n) is 6.63. The second-order valence-corrected chi connectivity index (χ2v) is 11.3. The van der Waals surface area contributed by atoms with E-state index in [-0.39, 0.29) is 31.7 Å². The molecule has 1 saturated heterocycles. The van der Waals surface area contributed by atoms with Crippen molar-refractivity contribution in [2.75, 3.05) is 13.1 Å². The number of nitrogens with zero attached hydrogens (tertiary/aromatic N) is 1. The van der Waals surface area contributed by atoms with Gasteiger partial charge >= 0.3 is 6.18 Å². The maximum Gasteiger partial charge on any atom is 0.417 e. The molecule has 1 aliphatic heterocycles. The molecule has 1 aromatic carbocycles. The van der Waals surface area contributed by atoms with Crippen LogP contribution in [0.15, 0.2) is 45.9 Å². The summed E-state index contributed by atoms with van der Waals surface area (Å²) in [5.41, 5.74) is -1.24. The van der Waals surface area contributed by atoms with Gasteiger partial charge in [-0.2, -0.15) is 17.5 Å². The highest BCUT2D eigenvalue weighted by Gasteiger charge is 2.38. The molecule has 0 unspecified atom stereocenters. The summed E-state index contributed by atoms with van der Waals surface area (Å²) in [5, 5.41) is -1.35. The van der Waals surface area contributed by atoms with Gasteiger partial charge in [0.2, 0.25) is 10.0 Å². The van der Waals surface area contributed by atoms with Gasteiger partial charge in [-0.3, -0.25) is 0 Å². The average molecular weight is 472 g/mol. The lowest BCUT2D eigenvalue weighted by molar-refractivity contribution is -0.137. The van der Waals surface area contributed by atoms with Gasteiger partial charge in [0.1, 0.15) is 11.5 Å². The molecular formula is C17H17ClF3NO5S2. The van der Waals surface area contributed by atoms with Crippen LogP contribution in [-0.4, -0.2) is 39.5 Å². The molecule has 1 aromatic heterocycles. The molecule has 0 spiro atoms. The van der Waals surface area contributed by atoms with Crippen molar-refractivity contribution >= 4 is 31.5 Å². The lowest BCUT2D eigenvalue weighted by Gasteiger charge is -2.31. The minimum Gasteiger partial charge on any atom is -0.468 e. The summed E-state index contributed by atoms with van der Waals surface area (Å²) in [7, 11) is -7.77. The fourth-order valence-electron chi connectivity index (χ4n) is 3.17. The molecule has 0 radical (unpaired) electrons. The molecule has 0 saturated carbocycles. The van der Waals surface area contributed by atoms with E-state index in [1.165, 1.54) is 12.3 Å². The number of sulfonamides is 1. The highest BCUT2D eigenvalue weighted by atomic mass is 35.5. The Bertz CT molecular complexity index is 1070. The van der Waals surface area contributed by atoms with E-state index in [0.29, 0.717) is 11.8 Å². The zero-order chi connectivity index (χ0) is 21.4. The van der Waals surface area contributed by atoms with Crippen molar-refractivity contribution in [3.05, 3.63) is 52.9 Å². The molecule has 12 heteroatoms. The summed E-state index contributed by atoms with van der Waals surface area (Å²) in [6, 6.07) is 5.50. The molecular weight excluding hydrogens is 455 g/mol. The predicted octanol–water partition coefficient (Wildman–Crippen LogP) is 3.72. The van der Waals surface area contributed by atoms with Crippen molar-refractivity contribution in [2.45, 2.75) is 34.9 Å². The zero-order valence-electron chi connectivity index (χ0n) is 14.9. The molecule has 0 aliphatic carbocycles. The molecule has 29 heavy (non-hydrogen) atoms. The number of furan rings is 1. The summed E-state index contributed by atoms with van der Waals surface area (Å²) >= 11 is 5.54. The Hall–Kier alpha value is -1.56. The lowest BCUT2D eigenvalue weighted by Crippen LogP contribution is -2.42. The van der Waals surface area contributed by atoms with Gasteiger partial charge in [-0.05, 0) is 43.2 Å². The summed E-state index contributed by atoms with van der Waals surface area (Å²) in [4.78, 5) is -0.536. The van der Waals surface area contributed by atoms with Crippen LogP contribution in [0.2, 0.25) is 5.02 Å². The van der Waals surface area contributed by atoms with Gasteiger partial charge in [0.05, 0.1) is 27.0 Å². The summed E-state index contributed by atoms with van der Waals surface area (Å²) in [6.45, 7) is -0.233. The van der Waals surface area contributed by atoms with Gasteiger partial charge in [-0.25, -0.2) is 16.8 Å². The van der Waals surface area contributed by atoms with E-state index in [4.69, 9.17) is 16.0 Å². The van der Waals surface area contributed by atoms with E-state index in [9.17, 15) is 30.0 Å². The van der Waals surface area contributed by atoms with E-state index >= 15 is 0 Å². The number of halogens is 4. The first-order valence-electron chi connectivity index (χ1n) is 8.52. The third-order valence-corrected chi connectivity index (χ3v) is 9.11. The SMILES string of the molecule is O=S(=O)(Cc1ccco1)C1CCN(S(=O)(=O)c2ccc(Cl)c(C(F)(F)F)c2)CC1. The Morgan fingerprint density at radius 1 is 1.10 bits per heavy atom. The van der Waals surface area contributed by atoms with Crippen LogP contribution in [-0.2, 0) is 31.8 Å². The van der Waals surface area contributed by atoms with Crippen LogP contribution in [0.4, 0.5) is 13.2 Å². The molecule has 160 valence electrons. The number of sulfone groups is 1. The van der Waals surface area contributed by atoms with Crippen LogP contribution in [0.3, 0.4) is 0 Å². The molecule has 2 heterocycles. The van der Waals surface area contributed by atoms with Crippen molar-refractivity contribution in [3.63, 3.8) is 0 Å². The number of rotatable bonds is 5. The first-order chi connectivity index (χ1) is 13.4. The van der Waals surface area contributed by atoms with Gasteiger partial charge in [0.25, 0.3) is 0 Å². The molecule has 2 aromatic rings. The highest BCUT2D eigenvalue weighted by Crippen LogP contribution is 2.37. The number of hydrogen-bond acceptors (Lipinski definition) is 5. The monoisotopic (exact) mass is 471 g/mol. The molecule has 3 rings (SSSR count). The molecule has 0 amide bonds. The van der Waals surface area contributed by atoms with Crippen molar-refractivity contribution in [1.29, 1.82) is 0 Å². The zero-order valence-corrected chi connectivity index (χ0v) is 17.3. The Kier molecular flexibility index (Phi) is 6.06. The predicted molar refractivity (Wildman–Crippen MR) is 99.6 cm³/mol. The van der Waals surface area contributed by atoms with Crippen LogP contribution in [0, 0.1) is 0 Å². The Balaban J connectivity index is 1.75. The summed E-state index contributed by atoms with van der Waals surface area (Å²) < 4.78 is 95.6. The highest BCUT2D eigenvalue weighted by molar-refractivity contribution is 7.91. The third kappa shape index (κ3) is 4.79. The van der Waals surface area contributed by atoms with Crippen molar-refractivity contribution in [1.82, 2.24) is 4.31 Å². The van der Waals surface area contributed by atoms with Crippen LogP contribution < -0.4 is 0 Å². The first kappa shape index (κ1) is 22.1. The molecule has 6 nitrogen and oxygen atoms in total. The topological polar surface area (TPSA) is 84.7 Å². The number of hydrogen-bond donors (Lipinski definition) is 0. The molecule has 0 N–H and O–H groups in total. The quantitative estimate of drug-likeness (QED) is 0.663. The number of piperidine rings is 1. The third-order valence-electron chi connectivity index (χ3n) is 4.71. The van der Waals surface area contributed by atoms with Gasteiger partial charge in [-0.15, -0.1) is 0 Å². The minimum atomic E-state index is -4.80. The van der Waals surface area contributed by atoms with Crippen LogP contribution >= 0.6 is 11.6 Å². The van der Waals surface area contributed by atoms with Gasteiger partial charge in [0.15, 0.2) is 9.84 Å². The largest absolute Gasteiger partial charge is 0.468 e. The van der Waals surface area contributed by atoms with Crippen LogP contribution in [0.25, 0.3) is 0 Å². The minimum absolute atomic E-state index is 0.0436. The van der Waals surface area contributed by atoms with Crippen molar-refractivity contribution in [2.24, 2.45) is 0 Å². The summed E-state index contributed by atoms with van der Waals surface area (Å²) in [6.07, 6.45) is -3.35. The second kappa shape index (κ2) is 7.93. The fourth-order valence-corrected chi connectivity index (χ4v) is 6.62. The van der Waals surface area contributed by atoms with Crippen molar-refractivity contribution in [3.8, 4) is 0 Å².